The molecule has 0 aliphatic carbocycles. The van der Waals surface area contributed by atoms with E-state index in [1.54, 1.807) is 18.2 Å². The molecule has 6 heteroatoms. The number of hydrogen-bond acceptors (Lipinski definition) is 4. The molecule has 4 aromatic rings. The molecular weight excluding hydrogens is 414 g/mol. The first-order valence-corrected chi connectivity index (χ1v) is 11.1. The van der Waals surface area contributed by atoms with Gasteiger partial charge in [-0.1, -0.05) is 48.5 Å². The predicted octanol–water partition coefficient (Wildman–Crippen LogP) is 5.34. The molecule has 1 saturated heterocycles. The van der Waals surface area contributed by atoms with Gasteiger partial charge in [0.1, 0.15) is 11.8 Å². The van der Waals surface area contributed by atoms with Crippen molar-refractivity contribution in [1.29, 1.82) is 0 Å². The number of benzene rings is 3. The summed E-state index contributed by atoms with van der Waals surface area (Å²) >= 11 is 0. The molecule has 166 valence electrons. The zero-order chi connectivity index (χ0) is 22.8. The number of carbonyl (C=O) groups is 2. The van der Waals surface area contributed by atoms with Gasteiger partial charge >= 0.3 is 0 Å². The van der Waals surface area contributed by atoms with Crippen molar-refractivity contribution in [2.24, 2.45) is 0 Å². The van der Waals surface area contributed by atoms with Gasteiger partial charge in [0.05, 0.1) is 12.8 Å². The number of ketones is 1. The van der Waals surface area contributed by atoms with E-state index in [9.17, 15) is 9.59 Å². The number of H-pyrrole nitrogens is 1. The van der Waals surface area contributed by atoms with Crippen LogP contribution in [0.2, 0.25) is 0 Å². The summed E-state index contributed by atoms with van der Waals surface area (Å²) in [5, 5.41) is 4.30. The number of para-hydroxylation sites is 1. The number of anilines is 2. The van der Waals surface area contributed by atoms with Crippen LogP contribution in [0, 0.1) is 0 Å². The molecule has 5 rings (SSSR count). The summed E-state index contributed by atoms with van der Waals surface area (Å²) < 4.78 is 5.60. The summed E-state index contributed by atoms with van der Waals surface area (Å²) in [4.78, 5) is 30.9. The number of fused-ring (bicyclic) bond motifs is 1. The molecule has 6 nitrogen and oxygen atoms in total. The van der Waals surface area contributed by atoms with Gasteiger partial charge in [-0.2, -0.15) is 0 Å². The minimum absolute atomic E-state index is 0.0311. The molecule has 0 saturated carbocycles. The van der Waals surface area contributed by atoms with E-state index in [2.05, 4.69) is 10.3 Å². The van der Waals surface area contributed by atoms with Crippen molar-refractivity contribution >= 4 is 34.0 Å². The molecule has 2 N–H and O–H groups in total. The Balaban J connectivity index is 1.51. The van der Waals surface area contributed by atoms with Crippen molar-refractivity contribution in [3.05, 3.63) is 90.1 Å². The molecule has 0 bridgehead atoms. The number of nitrogens with one attached hydrogen (secondary N) is 2. The van der Waals surface area contributed by atoms with Crippen molar-refractivity contribution in [3.8, 4) is 5.75 Å². The third kappa shape index (κ3) is 3.96. The van der Waals surface area contributed by atoms with E-state index in [-0.39, 0.29) is 11.7 Å². The lowest BCUT2D eigenvalue weighted by atomic mass is 9.96. The van der Waals surface area contributed by atoms with Crippen LogP contribution in [0.5, 0.6) is 5.75 Å². The summed E-state index contributed by atoms with van der Waals surface area (Å²) in [7, 11) is 1.59. The van der Waals surface area contributed by atoms with Crippen LogP contribution in [0.25, 0.3) is 10.9 Å². The minimum Gasteiger partial charge on any atom is -0.494 e. The maximum Gasteiger partial charge on any atom is 0.227 e. The van der Waals surface area contributed by atoms with Gasteiger partial charge in [0.15, 0.2) is 5.78 Å². The Morgan fingerprint density at radius 1 is 1.06 bits per heavy atom. The van der Waals surface area contributed by atoms with Crippen LogP contribution >= 0.6 is 0 Å². The summed E-state index contributed by atoms with van der Waals surface area (Å²) in [5.74, 6) is 0.670. The highest BCUT2D eigenvalue weighted by Gasteiger charge is 2.27. The second-order valence-electron chi connectivity index (χ2n) is 8.14. The zero-order valence-corrected chi connectivity index (χ0v) is 18.4. The zero-order valence-electron chi connectivity index (χ0n) is 18.4. The number of aromatic nitrogens is 1. The Hall–Kier alpha value is -4.06. The van der Waals surface area contributed by atoms with E-state index in [1.807, 2.05) is 72.8 Å². The number of amides is 1. The lowest BCUT2D eigenvalue weighted by molar-refractivity contribution is -0.117. The van der Waals surface area contributed by atoms with E-state index in [0.717, 1.165) is 34.3 Å². The molecule has 3 aromatic carbocycles. The molecule has 2 heterocycles. The lowest BCUT2D eigenvalue weighted by Gasteiger charge is -2.22. The Labute approximate surface area is 192 Å². The normalized spacial score (nSPS) is 14.5. The van der Waals surface area contributed by atoms with Crippen LogP contribution in [-0.2, 0) is 4.79 Å². The van der Waals surface area contributed by atoms with E-state index >= 15 is 0 Å². The highest BCUT2D eigenvalue weighted by Crippen LogP contribution is 2.35. The standard InChI is InChI=1S/C27H25N3O3/c1-33-24-16-19(13-14-23(24)30-15-7-12-25(30)31)29-26(18-8-3-2-4-9-18)27(32)21-17-28-22-11-6-5-10-20(21)22/h2-6,8-11,13-14,16-17,26,28-29H,7,12,15H2,1H3. The van der Waals surface area contributed by atoms with Crippen molar-refractivity contribution in [2.45, 2.75) is 18.9 Å². The second kappa shape index (κ2) is 8.82. The van der Waals surface area contributed by atoms with E-state index in [0.29, 0.717) is 24.3 Å². The van der Waals surface area contributed by atoms with Crippen molar-refractivity contribution in [2.75, 3.05) is 23.9 Å². The molecule has 0 spiro atoms. The number of nitrogens with zero attached hydrogens (tertiary/aromatic N) is 1. The van der Waals surface area contributed by atoms with Gasteiger partial charge in [0.25, 0.3) is 0 Å². The smallest absolute Gasteiger partial charge is 0.227 e. The molecule has 1 aliphatic rings. The van der Waals surface area contributed by atoms with Gasteiger partial charge < -0.3 is 19.9 Å². The maximum absolute atomic E-state index is 13.7. The Morgan fingerprint density at radius 2 is 1.85 bits per heavy atom. The number of Topliss-reactive ketones (excluding diaryl/α,β-unsaturated/α-hetero) is 1. The summed E-state index contributed by atoms with van der Waals surface area (Å²) in [6, 6.07) is 22.5. The Kier molecular flexibility index (Phi) is 5.57. The molecule has 1 fully saturated rings. The fraction of sp³-hybridized carbons (Fsp3) is 0.185. The molecule has 1 amide bonds. The van der Waals surface area contributed by atoms with Crippen molar-refractivity contribution in [3.63, 3.8) is 0 Å². The Bertz CT molecular complexity index is 1310. The predicted molar refractivity (Wildman–Crippen MR) is 130 cm³/mol. The first kappa shape index (κ1) is 20.8. The van der Waals surface area contributed by atoms with Crippen LogP contribution < -0.4 is 15.0 Å². The number of aromatic amines is 1. The molecule has 0 radical (unpaired) electrons. The highest BCUT2D eigenvalue weighted by atomic mass is 16.5. The number of ether oxygens (including phenoxy) is 1. The van der Waals surface area contributed by atoms with Crippen LogP contribution in [0.3, 0.4) is 0 Å². The third-order valence-electron chi connectivity index (χ3n) is 6.10. The van der Waals surface area contributed by atoms with E-state index in [1.165, 1.54) is 0 Å². The highest BCUT2D eigenvalue weighted by molar-refractivity contribution is 6.11. The molecule has 1 aromatic heterocycles. The topological polar surface area (TPSA) is 74.4 Å². The first-order valence-electron chi connectivity index (χ1n) is 11.1. The first-order chi connectivity index (χ1) is 16.2. The average molecular weight is 440 g/mol. The third-order valence-corrected chi connectivity index (χ3v) is 6.10. The van der Waals surface area contributed by atoms with Crippen LogP contribution in [0.4, 0.5) is 11.4 Å². The van der Waals surface area contributed by atoms with Gasteiger partial charge in [-0.25, -0.2) is 0 Å². The second-order valence-corrected chi connectivity index (χ2v) is 8.14. The largest absolute Gasteiger partial charge is 0.494 e. The van der Waals surface area contributed by atoms with Crippen molar-refractivity contribution < 1.29 is 14.3 Å². The van der Waals surface area contributed by atoms with Gasteiger partial charge in [-0.15, -0.1) is 0 Å². The number of hydrogen-bond donors (Lipinski definition) is 2. The number of carbonyl (C=O) groups excluding carboxylic acids is 2. The lowest BCUT2D eigenvalue weighted by Crippen LogP contribution is -2.24. The monoisotopic (exact) mass is 439 g/mol. The Morgan fingerprint density at radius 3 is 2.61 bits per heavy atom. The summed E-state index contributed by atoms with van der Waals surface area (Å²) in [6.07, 6.45) is 3.17. The SMILES string of the molecule is COc1cc(NC(C(=O)c2c[nH]c3ccccc23)c2ccccc2)ccc1N1CCCC1=O. The van der Waals surface area contributed by atoms with E-state index < -0.39 is 6.04 Å². The van der Waals surface area contributed by atoms with Gasteiger partial charge in [-0.05, 0) is 30.2 Å². The fourth-order valence-electron chi connectivity index (χ4n) is 4.44. The minimum atomic E-state index is -0.589. The number of rotatable bonds is 7. The molecule has 1 atom stereocenters. The van der Waals surface area contributed by atoms with Gasteiger partial charge in [0, 0.05) is 47.4 Å². The van der Waals surface area contributed by atoms with Gasteiger partial charge in [0.2, 0.25) is 5.91 Å². The van der Waals surface area contributed by atoms with Crippen LogP contribution in [0.1, 0.15) is 34.8 Å². The van der Waals surface area contributed by atoms with Crippen molar-refractivity contribution in [1.82, 2.24) is 4.98 Å². The number of methoxy groups -OCH3 is 1. The van der Waals surface area contributed by atoms with Crippen LogP contribution in [0.15, 0.2) is 79.0 Å². The molecular formula is C27H25N3O3. The quantitative estimate of drug-likeness (QED) is 0.381. The van der Waals surface area contributed by atoms with Gasteiger partial charge in [-0.3, -0.25) is 9.59 Å². The van der Waals surface area contributed by atoms with E-state index in [4.69, 9.17) is 4.74 Å². The maximum atomic E-state index is 13.7. The molecule has 33 heavy (non-hydrogen) atoms. The summed E-state index contributed by atoms with van der Waals surface area (Å²) in [5.41, 5.74) is 3.92. The summed E-state index contributed by atoms with van der Waals surface area (Å²) in [6.45, 7) is 0.688. The molecule has 1 unspecified atom stereocenters. The average Bonchev–Trinajstić information content (AvgIpc) is 3.48. The fourth-order valence-corrected chi connectivity index (χ4v) is 4.44. The molecule has 1 aliphatic heterocycles. The van der Waals surface area contributed by atoms with Crippen LogP contribution in [-0.4, -0.2) is 30.3 Å².